The molecule has 1 saturated heterocycles. The molecule has 130 valence electrons. The highest BCUT2D eigenvalue weighted by atomic mass is 35.5. The number of aryl methyl sites for hydroxylation is 1. The zero-order valence-electron chi connectivity index (χ0n) is 13.8. The molecule has 5 nitrogen and oxygen atoms in total. The lowest BCUT2D eigenvalue weighted by Gasteiger charge is -2.22. The molecule has 0 saturated carbocycles. The van der Waals surface area contributed by atoms with Gasteiger partial charge >= 0.3 is 0 Å². The highest BCUT2D eigenvalue weighted by molar-refractivity contribution is 6.31. The van der Waals surface area contributed by atoms with Crippen LogP contribution < -0.4 is 9.64 Å². The van der Waals surface area contributed by atoms with Crippen molar-refractivity contribution in [3.8, 4) is 5.75 Å². The second kappa shape index (κ2) is 6.33. The third kappa shape index (κ3) is 2.78. The van der Waals surface area contributed by atoms with Gasteiger partial charge in [-0.25, -0.2) is 0 Å². The number of anilines is 1. The standard InChI is InChI=1S/C19H18ClNO4/c1-13-2-5-15(6-3-13)23-9-8-21-17-7-4-14(20)12-16(17)19(18(21)22)24-10-11-25-19/h2-7,12H,8-11H2,1H3. The Morgan fingerprint density at radius 3 is 2.60 bits per heavy atom. The Balaban J connectivity index is 1.54. The van der Waals surface area contributed by atoms with Gasteiger partial charge in [-0.2, -0.15) is 0 Å². The monoisotopic (exact) mass is 359 g/mol. The Bertz CT molecular complexity index is 800. The van der Waals surface area contributed by atoms with Gasteiger partial charge in [-0.1, -0.05) is 29.3 Å². The highest BCUT2D eigenvalue weighted by Crippen LogP contribution is 2.46. The van der Waals surface area contributed by atoms with Gasteiger partial charge in [0.05, 0.1) is 25.4 Å². The second-order valence-corrected chi connectivity index (χ2v) is 6.53. The summed E-state index contributed by atoms with van der Waals surface area (Å²) in [7, 11) is 0. The summed E-state index contributed by atoms with van der Waals surface area (Å²) in [4.78, 5) is 14.6. The summed E-state index contributed by atoms with van der Waals surface area (Å²) in [5.74, 6) is -0.809. The number of nitrogens with zero attached hydrogens (tertiary/aromatic N) is 1. The minimum atomic E-state index is -1.36. The van der Waals surface area contributed by atoms with Crippen LogP contribution in [0.1, 0.15) is 11.1 Å². The molecule has 2 aromatic carbocycles. The molecular formula is C19H18ClNO4. The summed E-state index contributed by atoms with van der Waals surface area (Å²) in [6.45, 7) is 3.55. The van der Waals surface area contributed by atoms with Gasteiger partial charge in [0, 0.05) is 10.6 Å². The first kappa shape index (κ1) is 16.4. The third-order valence-corrected chi connectivity index (χ3v) is 4.66. The summed E-state index contributed by atoms with van der Waals surface area (Å²) >= 11 is 6.11. The number of carbonyl (C=O) groups is 1. The largest absolute Gasteiger partial charge is 0.492 e. The van der Waals surface area contributed by atoms with Gasteiger partial charge in [0.25, 0.3) is 11.7 Å². The van der Waals surface area contributed by atoms with Crippen molar-refractivity contribution in [1.29, 1.82) is 0 Å². The highest BCUT2D eigenvalue weighted by Gasteiger charge is 2.56. The molecule has 1 fully saturated rings. The van der Waals surface area contributed by atoms with Crippen LogP contribution in [0.5, 0.6) is 5.75 Å². The number of halogens is 1. The van der Waals surface area contributed by atoms with E-state index in [1.807, 2.05) is 37.3 Å². The normalized spacial score (nSPS) is 18.0. The van der Waals surface area contributed by atoms with Gasteiger partial charge in [-0.05, 0) is 37.3 Å². The molecule has 0 atom stereocenters. The van der Waals surface area contributed by atoms with E-state index in [0.29, 0.717) is 37.0 Å². The van der Waals surface area contributed by atoms with Gasteiger partial charge in [-0.15, -0.1) is 0 Å². The molecule has 1 spiro atoms. The van der Waals surface area contributed by atoms with Crippen molar-refractivity contribution in [2.45, 2.75) is 12.7 Å². The maximum Gasteiger partial charge on any atom is 0.292 e. The Labute approximate surface area is 151 Å². The SMILES string of the molecule is Cc1ccc(OCCN2C(=O)C3(OCCO3)c3cc(Cl)ccc32)cc1. The van der Waals surface area contributed by atoms with Crippen LogP contribution in [0.2, 0.25) is 5.02 Å². The average Bonchev–Trinajstić information content (AvgIpc) is 3.18. The fraction of sp³-hybridized carbons (Fsp3) is 0.316. The van der Waals surface area contributed by atoms with Crippen molar-refractivity contribution < 1.29 is 19.0 Å². The predicted molar refractivity (Wildman–Crippen MR) is 94.1 cm³/mol. The Hall–Kier alpha value is -2.08. The van der Waals surface area contributed by atoms with E-state index in [2.05, 4.69) is 0 Å². The number of hydrogen-bond donors (Lipinski definition) is 0. The maximum atomic E-state index is 13.0. The van der Waals surface area contributed by atoms with Gasteiger partial charge < -0.3 is 19.1 Å². The fourth-order valence-electron chi connectivity index (χ4n) is 3.21. The zero-order valence-corrected chi connectivity index (χ0v) is 14.6. The summed E-state index contributed by atoms with van der Waals surface area (Å²) in [5, 5.41) is 0.544. The number of carbonyl (C=O) groups excluding carboxylic acids is 1. The molecule has 2 aliphatic rings. The average molecular weight is 360 g/mol. The molecule has 0 aliphatic carbocycles. The Morgan fingerprint density at radius 1 is 1.16 bits per heavy atom. The Kier molecular flexibility index (Phi) is 4.15. The van der Waals surface area contributed by atoms with Crippen LogP contribution in [0.15, 0.2) is 42.5 Å². The molecular weight excluding hydrogens is 342 g/mol. The summed E-state index contributed by atoms with van der Waals surface area (Å²) in [6, 6.07) is 13.1. The lowest BCUT2D eigenvalue weighted by atomic mass is 10.1. The lowest BCUT2D eigenvalue weighted by Crippen LogP contribution is -2.42. The number of fused-ring (bicyclic) bond motifs is 2. The van der Waals surface area contributed by atoms with Crippen molar-refractivity contribution >= 4 is 23.2 Å². The number of benzene rings is 2. The third-order valence-electron chi connectivity index (χ3n) is 4.43. The van der Waals surface area contributed by atoms with Crippen LogP contribution in [0.3, 0.4) is 0 Å². The molecule has 4 rings (SSSR count). The van der Waals surface area contributed by atoms with Crippen LogP contribution >= 0.6 is 11.6 Å². The number of ether oxygens (including phenoxy) is 3. The number of amides is 1. The van der Waals surface area contributed by atoms with Crippen LogP contribution in [-0.2, 0) is 20.1 Å². The van der Waals surface area contributed by atoms with Crippen molar-refractivity contribution in [2.24, 2.45) is 0 Å². The topological polar surface area (TPSA) is 48.0 Å². The summed E-state index contributed by atoms with van der Waals surface area (Å²) in [5.41, 5.74) is 2.59. The van der Waals surface area contributed by atoms with Crippen LogP contribution in [0.4, 0.5) is 5.69 Å². The van der Waals surface area contributed by atoms with Gasteiger partial charge in [0.1, 0.15) is 12.4 Å². The van der Waals surface area contributed by atoms with Crippen LogP contribution in [0, 0.1) is 6.92 Å². The minimum Gasteiger partial charge on any atom is -0.492 e. The van der Waals surface area contributed by atoms with Crippen molar-refractivity contribution in [3.63, 3.8) is 0 Å². The van der Waals surface area contributed by atoms with Crippen molar-refractivity contribution in [1.82, 2.24) is 0 Å². The molecule has 0 bridgehead atoms. The zero-order chi connectivity index (χ0) is 17.4. The van der Waals surface area contributed by atoms with Crippen LogP contribution in [-0.4, -0.2) is 32.3 Å². The van der Waals surface area contributed by atoms with E-state index >= 15 is 0 Å². The molecule has 0 aromatic heterocycles. The van der Waals surface area contributed by atoms with Gasteiger partial charge in [0.15, 0.2) is 0 Å². The number of hydrogen-bond acceptors (Lipinski definition) is 4. The van der Waals surface area contributed by atoms with E-state index in [1.165, 1.54) is 5.56 Å². The Morgan fingerprint density at radius 2 is 1.88 bits per heavy atom. The fourth-order valence-corrected chi connectivity index (χ4v) is 3.38. The van der Waals surface area contributed by atoms with Gasteiger partial charge in [0.2, 0.25) is 0 Å². The summed E-state index contributed by atoms with van der Waals surface area (Å²) < 4.78 is 17.1. The first-order chi connectivity index (χ1) is 12.1. The van der Waals surface area contributed by atoms with Gasteiger partial charge in [-0.3, -0.25) is 4.79 Å². The first-order valence-electron chi connectivity index (χ1n) is 8.19. The molecule has 0 unspecified atom stereocenters. The maximum absolute atomic E-state index is 13.0. The van der Waals surface area contributed by atoms with E-state index in [-0.39, 0.29) is 5.91 Å². The molecule has 1 amide bonds. The molecule has 6 heteroatoms. The van der Waals surface area contributed by atoms with E-state index in [0.717, 1.165) is 11.4 Å². The minimum absolute atomic E-state index is 0.227. The first-order valence-corrected chi connectivity index (χ1v) is 8.57. The van der Waals surface area contributed by atoms with Crippen molar-refractivity contribution in [3.05, 3.63) is 58.6 Å². The van der Waals surface area contributed by atoms with E-state index in [9.17, 15) is 4.79 Å². The number of rotatable bonds is 4. The smallest absolute Gasteiger partial charge is 0.292 e. The lowest BCUT2D eigenvalue weighted by molar-refractivity contribution is -0.180. The summed E-state index contributed by atoms with van der Waals surface area (Å²) in [6.07, 6.45) is 0. The molecule has 2 heterocycles. The molecule has 25 heavy (non-hydrogen) atoms. The van der Waals surface area contributed by atoms with E-state index < -0.39 is 5.79 Å². The molecule has 2 aliphatic heterocycles. The van der Waals surface area contributed by atoms with Crippen molar-refractivity contribution in [2.75, 3.05) is 31.3 Å². The van der Waals surface area contributed by atoms with E-state index in [4.69, 9.17) is 25.8 Å². The van der Waals surface area contributed by atoms with Crippen LogP contribution in [0.25, 0.3) is 0 Å². The molecule has 0 radical (unpaired) electrons. The molecule has 0 N–H and O–H groups in total. The second-order valence-electron chi connectivity index (χ2n) is 6.09. The molecule has 2 aromatic rings. The predicted octanol–water partition coefficient (Wildman–Crippen LogP) is 3.27. The quantitative estimate of drug-likeness (QED) is 0.840. The van der Waals surface area contributed by atoms with E-state index in [1.54, 1.807) is 17.0 Å².